The average Bonchev–Trinajstić information content (AvgIpc) is 3.38. The first-order chi connectivity index (χ1) is 14.1. The van der Waals surface area contributed by atoms with Crippen molar-refractivity contribution in [3.05, 3.63) is 54.5 Å². The van der Waals surface area contributed by atoms with E-state index in [0.717, 1.165) is 36.1 Å². The third-order valence-corrected chi connectivity index (χ3v) is 6.67. The first-order valence-corrected chi connectivity index (χ1v) is 10.3. The molecule has 2 fully saturated rings. The number of hydrogen-bond donors (Lipinski definition) is 2. The molecular formula is C22H25N5O2. The molecule has 1 aromatic carbocycles. The van der Waals surface area contributed by atoms with Crippen molar-refractivity contribution in [1.29, 1.82) is 0 Å². The molecule has 1 amide bonds. The average molecular weight is 391 g/mol. The molecule has 0 spiro atoms. The van der Waals surface area contributed by atoms with Crippen molar-refractivity contribution in [1.82, 2.24) is 19.9 Å². The fourth-order valence-electron chi connectivity index (χ4n) is 5.29. The van der Waals surface area contributed by atoms with Gasteiger partial charge < -0.3 is 19.9 Å². The Hall–Kier alpha value is -3.09. The number of H-pyrrole nitrogens is 1. The summed E-state index contributed by atoms with van der Waals surface area (Å²) in [6.45, 7) is 2.85. The molecule has 2 unspecified atom stereocenters. The van der Waals surface area contributed by atoms with Gasteiger partial charge in [-0.2, -0.15) is 0 Å². The highest BCUT2D eigenvalue weighted by atomic mass is 16.4. The number of aromatic nitrogens is 3. The zero-order chi connectivity index (χ0) is 20.0. The number of likely N-dealkylation sites (tertiary alicyclic amines) is 1. The molecule has 4 heterocycles. The molecule has 2 aliphatic rings. The van der Waals surface area contributed by atoms with Crippen molar-refractivity contribution in [3.8, 4) is 0 Å². The summed E-state index contributed by atoms with van der Waals surface area (Å²) >= 11 is 0. The van der Waals surface area contributed by atoms with Gasteiger partial charge in [-0.15, -0.1) is 0 Å². The van der Waals surface area contributed by atoms with Crippen LogP contribution < -0.4 is 4.90 Å². The second-order valence-electron chi connectivity index (χ2n) is 8.10. The Morgan fingerprint density at radius 2 is 2.03 bits per heavy atom. The summed E-state index contributed by atoms with van der Waals surface area (Å²) in [6, 6.07) is 12.8. The van der Waals surface area contributed by atoms with E-state index in [1.807, 2.05) is 18.3 Å². The number of hydrogen-bond acceptors (Lipinski definition) is 4. The Labute approximate surface area is 169 Å². The number of carbonyl (C=O) groups is 1. The third-order valence-electron chi connectivity index (χ3n) is 6.67. The van der Waals surface area contributed by atoms with Crippen LogP contribution >= 0.6 is 0 Å². The Balaban J connectivity index is 1.61. The Morgan fingerprint density at radius 1 is 1.21 bits per heavy atom. The van der Waals surface area contributed by atoms with Crippen LogP contribution in [-0.4, -0.2) is 55.7 Å². The van der Waals surface area contributed by atoms with Crippen molar-refractivity contribution in [2.75, 3.05) is 11.4 Å². The minimum atomic E-state index is -0.817. The molecule has 3 aromatic rings. The van der Waals surface area contributed by atoms with Gasteiger partial charge in [0.15, 0.2) is 0 Å². The number of amides is 1. The Morgan fingerprint density at radius 3 is 2.83 bits per heavy atom. The molecule has 2 N–H and O–H groups in total. The standard InChI is InChI=1S/C22H25N5O2/c1-14(15-6-3-2-4-7-15)18-12-19-17(8-5-11-26(19)22(28)29)27(18)21-16-9-10-23-20(16)24-13-25-21/h2-4,6-7,9-10,13-14,17-19H,5,8,11-12H2,1H3,(H,28,29)(H,23,24,25)/t14?,17-,18?,19-/m1/s1. The molecular weight excluding hydrogens is 366 g/mol. The minimum absolute atomic E-state index is 0.0126. The molecule has 0 saturated carbocycles. The summed E-state index contributed by atoms with van der Waals surface area (Å²) in [6.07, 6.45) is 5.32. The molecule has 0 bridgehead atoms. The second kappa shape index (κ2) is 7.06. The summed E-state index contributed by atoms with van der Waals surface area (Å²) in [7, 11) is 0. The molecule has 0 radical (unpaired) electrons. The number of carboxylic acid groups (broad SMARTS) is 1. The van der Waals surface area contributed by atoms with Crippen LogP contribution in [0.2, 0.25) is 0 Å². The van der Waals surface area contributed by atoms with Gasteiger partial charge in [-0.1, -0.05) is 37.3 Å². The highest BCUT2D eigenvalue weighted by Gasteiger charge is 2.49. The maximum absolute atomic E-state index is 11.9. The van der Waals surface area contributed by atoms with E-state index in [4.69, 9.17) is 0 Å². The first kappa shape index (κ1) is 18.0. The van der Waals surface area contributed by atoms with Crippen LogP contribution in [0.3, 0.4) is 0 Å². The van der Waals surface area contributed by atoms with Gasteiger partial charge in [0.25, 0.3) is 0 Å². The van der Waals surface area contributed by atoms with Gasteiger partial charge in [-0.05, 0) is 30.9 Å². The molecule has 29 heavy (non-hydrogen) atoms. The lowest BCUT2D eigenvalue weighted by Crippen LogP contribution is -2.52. The Kier molecular flexibility index (Phi) is 4.38. The fourth-order valence-corrected chi connectivity index (χ4v) is 5.29. The van der Waals surface area contributed by atoms with Crippen LogP contribution in [0.25, 0.3) is 11.0 Å². The SMILES string of the molecule is CC(c1ccccc1)C1C[C@@H]2[C@@H](CCCN2C(=O)O)N1c1ncnc2[nH]ccc12. The van der Waals surface area contributed by atoms with Gasteiger partial charge in [0.2, 0.25) is 0 Å². The predicted molar refractivity (Wildman–Crippen MR) is 111 cm³/mol. The van der Waals surface area contributed by atoms with E-state index in [2.05, 4.69) is 51.0 Å². The largest absolute Gasteiger partial charge is 0.465 e. The smallest absolute Gasteiger partial charge is 0.407 e. The number of aromatic amines is 1. The number of anilines is 1. The van der Waals surface area contributed by atoms with Crippen LogP contribution in [0.15, 0.2) is 48.9 Å². The summed E-state index contributed by atoms with van der Waals surface area (Å²) < 4.78 is 0. The van der Waals surface area contributed by atoms with Crippen molar-refractivity contribution < 1.29 is 9.90 Å². The van der Waals surface area contributed by atoms with Crippen LogP contribution in [-0.2, 0) is 0 Å². The molecule has 5 rings (SSSR count). The highest BCUT2D eigenvalue weighted by molar-refractivity contribution is 5.88. The number of nitrogens with one attached hydrogen (secondary N) is 1. The van der Waals surface area contributed by atoms with E-state index in [1.165, 1.54) is 5.56 Å². The first-order valence-electron chi connectivity index (χ1n) is 10.3. The normalized spacial score (nSPS) is 25.2. The molecule has 0 aliphatic carbocycles. The summed E-state index contributed by atoms with van der Waals surface area (Å²) in [5.41, 5.74) is 2.08. The van der Waals surface area contributed by atoms with Crippen LogP contribution in [0.5, 0.6) is 0 Å². The minimum Gasteiger partial charge on any atom is -0.465 e. The summed E-state index contributed by atoms with van der Waals surface area (Å²) in [5, 5.41) is 10.8. The highest BCUT2D eigenvalue weighted by Crippen LogP contribution is 2.43. The van der Waals surface area contributed by atoms with Gasteiger partial charge in [-0.3, -0.25) is 0 Å². The third kappa shape index (κ3) is 2.92. The van der Waals surface area contributed by atoms with Crippen LogP contribution in [0, 0.1) is 0 Å². The molecule has 2 aromatic heterocycles. The van der Waals surface area contributed by atoms with Gasteiger partial charge in [0.05, 0.1) is 17.5 Å². The molecule has 2 saturated heterocycles. The van der Waals surface area contributed by atoms with Crippen molar-refractivity contribution in [3.63, 3.8) is 0 Å². The van der Waals surface area contributed by atoms with E-state index in [-0.39, 0.29) is 24.0 Å². The molecule has 4 atom stereocenters. The number of fused-ring (bicyclic) bond motifs is 2. The fraction of sp³-hybridized carbons (Fsp3) is 0.409. The summed E-state index contributed by atoms with van der Waals surface area (Å²) in [4.78, 5) is 28.2. The van der Waals surface area contributed by atoms with Crippen LogP contribution in [0.4, 0.5) is 10.6 Å². The number of nitrogens with zero attached hydrogens (tertiary/aromatic N) is 4. The second-order valence-corrected chi connectivity index (χ2v) is 8.10. The van der Waals surface area contributed by atoms with E-state index in [1.54, 1.807) is 11.2 Å². The van der Waals surface area contributed by atoms with E-state index in [9.17, 15) is 9.90 Å². The molecule has 7 heteroatoms. The van der Waals surface area contributed by atoms with E-state index in [0.29, 0.717) is 6.54 Å². The zero-order valence-corrected chi connectivity index (χ0v) is 16.4. The maximum atomic E-state index is 11.9. The van der Waals surface area contributed by atoms with Crippen molar-refractivity contribution >= 4 is 22.9 Å². The van der Waals surface area contributed by atoms with E-state index >= 15 is 0 Å². The van der Waals surface area contributed by atoms with Gasteiger partial charge in [0, 0.05) is 24.7 Å². The van der Waals surface area contributed by atoms with Gasteiger partial charge >= 0.3 is 6.09 Å². The maximum Gasteiger partial charge on any atom is 0.407 e. The lowest BCUT2D eigenvalue weighted by molar-refractivity contribution is 0.104. The van der Waals surface area contributed by atoms with Gasteiger partial charge in [-0.25, -0.2) is 14.8 Å². The monoisotopic (exact) mass is 391 g/mol. The number of piperidine rings is 1. The number of benzene rings is 1. The quantitative estimate of drug-likeness (QED) is 0.708. The predicted octanol–water partition coefficient (Wildman–Crippen LogP) is 3.85. The lowest BCUT2D eigenvalue weighted by Gasteiger charge is -2.40. The topological polar surface area (TPSA) is 85.3 Å². The summed E-state index contributed by atoms with van der Waals surface area (Å²) in [5.74, 6) is 1.16. The zero-order valence-electron chi connectivity index (χ0n) is 16.4. The van der Waals surface area contributed by atoms with E-state index < -0.39 is 6.09 Å². The number of rotatable bonds is 3. The molecule has 150 valence electrons. The Bertz CT molecular complexity index is 1020. The molecule has 7 nitrogen and oxygen atoms in total. The lowest BCUT2D eigenvalue weighted by atomic mass is 9.90. The molecule has 2 aliphatic heterocycles. The van der Waals surface area contributed by atoms with Crippen molar-refractivity contribution in [2.24, 2.45) is 0 Å². The van der Waals surface area contributed by atoms with Gasteiger partial charge in [0.1, 0.15) is 17.8 Å². The van der Waals surface area contributed by atoms with Crippen molar-refractivity contribution in [2.45, 2.75) is 50.2 Å². The van der Waals surface area contributed by atoms with Crippen LogP contribution in [0.1, 0.15) is 37.7 Å².